The molecule has 3 heteroatoms. The maximum absolute atomic E-state index is 5.78. The summed E-state index contributed by atoms with van der Waals surface area (Å²) in [5.41, 5.74) is 6.89. The molecule has 0 aliphatic carbocycles. The maximum Gasteiger partial charge on any atom is 0.0969 e. The van der Waals surface area contributed by atoms with Crippen LogP contribution >= 0.6 is 15.9 Å². The maximum atomic E-state index is 5.78. The van der Waals surface area contributed by atoms with Gasteiger partial charge in [0.1, 0.15) is 0 Å². The van der Waals surface area contributed by atoms with Gasteiger partial charge in [-0.05, 0) is 24.6 Å². The first-order chi connectivity index (χ1) is 6.15. The zero-order valence-electron chi connectivity index (χ0n) is 7.83. The van der Waals surface area contributed by atoms with Crippen molar-refractivity contribution < 1.29 is 4.74 Å². The van der Waals surface area contributed by atoms with Crippen molar-refractivity contribution in [1.29, 1.82) is 0 Å². The molecule has 0 aliphatic rings. The molecule has 0 fully saturated rings. The number of hydrogen-bond acceptors (Lipinski definition) is 2. The van der Waals surface area contributed by atoms with Crippen LogP contribution in [-0.4, -0.2) is 13.2 Å². The molecule has 2 nitrogen and oxygen atoms in total. The molecule has 0 saturated heterocycles. The third kappa shape index (κ3) is 2.79. The lowest BCUT2D eigenvalue weighted by molar-refractivity contribution is 0.0853. The van der Waals surface area contributed by atoms with Crippen LogP contribution in [-0.2, 0) is 4.74 Å². The van der Waals surface area contributed by atoms with E-state index in [1.165, 1.54) is 0 Å². The SMILES string of the molecule is CO[C@H](c1ccc(Br)cc1)[C@@H](C)N. The largest absolute Gasteiger partial charge is 0.375 e. The summed E-state index contributed by atoms with van der Waals surface area (Å²) >= 11 is 3.38. The van der Waals surface area contributed by atoms with Gasteiger partial charge < -0.3 is 10.5 Å². The Hall–Kier alpha value is -0.380. The fourth-order valence-corrected chi connectivity index (χ4v) is 1.57. The van der Waals surface area contributed by atoms with Gasteiger partial charge in [0.05, 0.1) is 6.10 Å². The number of ether oxygens (including phenoxy) is 1. The van der Waals surface area contributed by atoms with Gasteiger partial charge >= 0.3 is 0 Å². The van der Waals surface area contributed by atoms with E-state index in [-0.39, 0.29) is 12.1 Å². The minimum atomic E-state index is -0.0203. The lowest BCUT2D eigenvalue weighted by atomic mass is 10.0. The zero-order valence-corrected chi connectivity index (χ0v) is 9.41. The van der Waals surface area contributed by atoms with E-state index < -0.39 is 0 Å². The quantitative estimate of drug-likeness (QED) is 0.886. The molecule has 72 valence electrons. The van der Waals surface area contributed by atoms with Crippen LogP contribution in [0, 0.1) is 0 Å². The molecule has 1 aromatic carbocycles. The van der Waals surface area contributed by atoms with Crippen LogP contribution < -0.4 is 5.73 Å². The fraction of sp³-hybridized carbons (Fsp3) is 0.400. The summed E-state index contributed by atoms with van der Waals surface area (Å²) < 4.78 is 6.36. The minimum Gasteiger partial charge on any atom is -0.375 e. The predicted octanol–water partition coefficient (Wildman–Crippen LogP) is 2.48. The first-order valence-electron chi connectivity index (χ1n) is 4.19. The smallest absolute Gasteiger partial charge is 0.0969 e. The highest BCUT2D eigenvalue weighted by molar-refractivity contribution is 9.10. The first-order valence-corrected chi connectivity index (χ1v) is 4.98. The molecular formula is C10H14BrNO. The Labute approximate surface area is 87.2 Å². The summed E-state index contributed by atoms with van der Waals surface area (Å²) in [5, 5.41) is 0. The van der Waals surface area contributed by atoms with Gasteiger partial charge in [0, 0.05) is 17.6 Å². The Morgan fingerprint density at radius 3 is 2.23 bits per heavy atom. The van der Waals surface area contributed by atoms with E-state index in [2.05, 4.69) is 15.9 Å². The Morgan fingerprint density at radius 1 is 1.31 bits per heavy atom. The van der Waals surface area contributed by atoms with Crippen LogP contribution in [0.3, 0.4) is 0 Å². The van der Waals surface area contributed by atoms with Gasteiger partial charge in [-0.2, -0.15) is 0 Å². The summed E-state index contributed by atoms with van der Waals surface area (Å²) in [7, 11) is 1.68. The molecule has 13 heavy (non-hydrogen) atoms. The minimum absolute atomic E-state index is 0.00572. The molecule has 2 atom stereocenters. The topological polar surface area (TPSA) is 35.2 Å². The van der Waals surface area contributed by atoms with Gasteiger partial charge in [0.25, 0.3) is 0 Å². The highest BCUT2D eigenvalue weighted by Crippen LogP contribution is 2.21. The Bertz CT molecular complexity index is 258. The second-order valence-corrected chi connectivity index (χ2v) is 3.98. The summed E-state index contributed by atoms with van der Waals surface area (Å²) in [6, 6.07) is 8.02. The standard InChI is InChI=1S/C10H14BrNO/c1-7(12)10(13-2)8-3-5-9(11)6-4-8/h3-7,10H,12H2,1-2H3/t7-,10+/m1/s1. The molecule has 0 aromatic heterocycles. The van der Waals surface area contributed by atoms with Gasteiger partial charge in [-0.3, -0.25) is 0 Å². The molecule has 0 heterocycles. The Morgan fingerprint density at radius 2 is 1.85 bits per heavy atom. The van der Waals surface area contributed by atoms with Crippen LogP contribution in [0.5, 0.6) is 0 Å². The molecule has 0 spiro atoms. The second kappa shape index (κ2) is 4.74. The number of rotatable bonds is 3. The molecule has 1 rings (SSSR count). The Kier molecular flexibility index (Phi) is 3.90. The zero-order chi connectivity index (χ0) is 9.84. The van der Waals surface area contributed by atoms with E-state index >= 15 is 0 Å². The van der Waals surface area contributed by atoms with Crippen molar-refractivity contribution >= 4 is 15.9 Å². The molecule has 0 radical (unpaired) electrons. The summed E-state index contributed by atoms with van der Waals surface area (Å²) in [5.74, 6) is 0. The molecule has 0 bridgehead atoms. The third-order valence-corrected chi connectivity index (χ3v) is 2.46. The van der Waals surface area contributed by atoms with E-state index in [1.54, 1.807) is 7.11 Å². The van der Waals surface area contributed by atoms with E-state index in [1.807, 2.05) is 31.2 Å². The van der Waals surface area contributed by atoms with Crippen molar-refractivity contribution in [2.24, 2.45) is 5.73 Å². The van der Waals surface area contributed by atoms with Gasteiger partial charge in [-0.1, -0.05) is 28.1 Å². The molecule has 0 aliphatic heterocycles. The number of nitrogens with two attached hydrogens (primary N) is 1. The van der Waals surface area contributed by atoms with Crippen LogP contribution in [0.15, 0.2) is 28.7 Å². The fourth-order valence-electron chi connectivity index (χ4n) is 1.31. The van der Waals surface area contributed by atoms with Gasteiger partial charge in [0.2, 0.25) is 0 Å². The molecular weight excluding hydrogens is 230 g/mol. The van der Waals surface area contributed by atoms with E-state index in [4.69, 9.17) is 10.5 Å². The van der Waals surface area contributed by atoms with E-state index in [0.717, 1.165) is 10.0 Å². The number of methoxy groups -OCH3 is 1. The van der Waals surface area contributed by atoms with E-state index in [0.29, 0.717) is 0 Å². The number of benzene rings is 1. The van der Waals surface area contributed by atoms with Gasteiger partial charge in [-0.15, -0.1) is 0 Å². The van der Waals surface area contributed by atoms with Crippen LogP contribution in [0.2, 0.25) is 0 Å². The lowest BCUT2D eigenvalue weighted by Crippen LogP contribution is -2.25. The van der Waals surface area contributed by atoms with Gasteiger partial charge in [-0.25, -0.2) is 0 Å². The summed E-state index contributed by atoms with van der Waals surface area (Å²) in [6.45, 7) is 1.94. The molecule has 0 saturated carbocycles. The first kappa shape index (κ1) is 10.7. The average molecular weight is 244 g/mol. The predicted molar refractivity (Wildman–Crippen MR) is 57.5 cm³/mol. The number of hydrogen-bond donors (Lipinski definition) is 1. The van der Waals surface area contributed by atoms with Crippen molar-refractivity contribution in [3.8, 4) is 0 Å². The second-order valence-electron chi connectivity index (χ2n) is 3.07. The monoisotopic (exact) mass is 243 g/mol. The summed E-state index contributed by atoms with van der Waals surface area (Å²) in [6.07, 6.45) is -0.0203. The molecule has 2 N–H and O–H groups in total. The van der Waals surface area contributed by atoms with Crippen molar-refractivity contribution in [2.45, 2.75) is 19.1 Å². The van der Waals surface area contributed by atoms with Crippen molar-refractivity contribution in [3.05, 3.63) is 34.3 Å². The Balaban J connectivity index is 2.86. The molecule has 0 unspecified atom stereocenters. The van der Waals surface area contributed by atoms with Crippen molar-refractivity contribution in [2.75, 3.05) is 7.11 Å². The lowest BCUT2D eigenvalue weighted by Gasteiger charge is -2.19. The average Bonchev–Trinajstić information content (AvgIpc) is 2.09. The van der Waals surface area contributed by atoms with Gasteiger partial charge in [0.15, 0.2) is 0 Å². The highest BCUT2D eigenvalue weighted by Gasteiger charge is 2.14. The van der Waals surface area contributed by atoms with Crippen LogP contribution in [0.1, 0.15) is 18.6 Å². The molecule has 0 amide bonds. The third-order valence-electron chi connectivity index (χ3n) is 1.93. The van der Waals surface area contributed by atoms with E-state index in [9.17, 15) is 0 Å². The normalized spacial score (nSPS) is 15.4. The van der Waals surface area contributed by atoms with Crippen LogP contribution in [0.4, 0.5) is 0 Å². The summed E-state index contributed by atoms with van der Waals surface area (Å²) in [4.78, 5) is 0. The van der Waals surface area contributed by atoms with Crippen LogP contribution in [0.25, 0.3) is 0 Å². The van der Waals surface area contributed by atoms with Crippen molar-refractivity contribution in [3.63, 3.8) is 0 Å². The molecule has 1 aromatic rings. The van der Waals surface area contributed by atoms with Crippen molar-refractivity contribution in [1.82, 2.24) is 0 Å². The number of halogens is 1. The highest BCUT2D eigenvalue weighted by atomic mass is 79.9.